The second kappa shape index (κ2) is 7.99. The van der Waals surface area contributed by atoms with E-state index in [9.17, 15) is 0 Å². The molecule has 0 radical (unpaired) electrons. The molecule has 0 saturated heterocycles. The highest BCUT2D eigenvalue weighted by atomic mass is 79.9. The number of H-pyrrole nitrogens is 1. The van der Waals surface area contributed by atoms with Gasteiger partial charge in [0.15, 0.2) is 5.82 Å². The molecule has 2 aromatic heterocycles. The number of aromatic amines is 1. The highest BCUT2D eigenvalue weighted by molar-refractivity contribution is 9.10. The first-order chi connectivity index (χ1) is 12.1. The van der Waals surface area contributed by atoms with Crippen molar-refractivity contribution >= 4 is 46.0 Å². The van der Waals surface area contributed by atoms with Gasteiger partial charge in [-0.25, -0.2) is 0 Å². The monoisotopic (exact) mass is 440 g/mol. The Bertz CT molecular complexity index is 963. The number of aryl methyl sites for hydroxylation is 1. The first-order valence-corrected chi connectivity index (χ1v) is 9.02. The van der Waals surface area contributed by atoms with E-state index in [2.05, 4.69) is 31.2 Å². The van der Waals surface area contributed by atoms with Crippen LogP contribution in [0.3, 0.4) is 0 Å². The Morgan fingerprint density at radius 3 is 3.04 bits per heavy atom. The number of aromatic nitrogens is 3. The number of hydrogen-bond acceptors (Lipinski definition) is 5. The number of furan rings is 1. The van der Waals surface area contributed by atoms with Crippen LogP contribution in [0.15, 0.2) is 44.3 Å². The number of rotatable bonds is 6. The summed E-state index contributed by atoms with van der Waals surface area (Å²) in [5.74, 6) is 2.59. The maximum atomic E-state index is 6.12. The van der Waals surface area contributed by atoms with Gasteiger partial charge in [-0.2, -0.15) is 14.9 Å². The molecule has 0 aliphatic rings. The van der Waals surface area contributed by atoms with E-state index in [1.54, 1.807) is 29.1 Å². The van der Waals surface area contributed by atoms with E-state index in [0.29, 0.717) is 27.1 Å². The minimum Gasteiger partial charge on any atom is -0.484 e. The molecule has 25 heavy (non-hydrogen) atoms. The molecular weight excluding hydrogens is 428 g/mol. The van der Waals surface area contributed by atoms with Crippen LogP contribution in [0.1, 0.15) is 24.3 Å². The Labute approximate surface area is 162 Å². The number of nitrogens with zero attached hydrogens (tertiary/aromatic N) is 3. The quantitative estimate of drug-likeness (QED) is 0.433. The topological polar surface area (TPSA) is 68.3 Å². The molecule has 130 valence electrons. The van der Waals surface area contributed by atoms with E-state index in [4.69, 9.17) is 33.0 Å². The number of benzene rings is 1. The van der Waals surface area contributed by atoms with Gasteiger partial charge in [-0.15, -0.1) is 0 Å². The van der Waals surface area contributed by atoms with Crippen LogP contribution in [-0.4, -0.2) is 21.1 Å². The molecule has 3 aromatic rings. The van der Waals surface area contributed by atoms with Gasteiger partial charge < -0.3 is 9.15 Å². The summed E-state index contributed by atoms with van der Waals surface area (Å²) in [6, 6.07) is 9.06. The summed E-state index contributed by atoms with van der Waals surface area (Å²) < 4.78 is 14.2. The average Bonchev–Trinajstić information content (AvgIpc) is 3.18. The first kappa shape index (κ1) is 17.9. The number of ether oxygens (including phenoxy) is 1. The van der Waals surface area contributed by atoms with E-state index in [0.717, 1.165) is 16.7 Å². The highest BCUT2D eigenvalue weighted by Gasteiger charge is 2.06. The first-order valence-electron chi connectivity index (χ1n) is 7.44. The predicted molar refractivity (Wildman–Crippen MR) is 102 cm³/mol. The van der Waals surface area contributed by atoms with Gasteiger partial charge in [0.25, 0.3) is 0 Å². The molecule has 0 aliphatic carbocycles. The van der Waals surface area contributed by atoms with Gasteiger partial charge in [-0.3, -0.25) is 5.10 Å². The van der Waals surface area contributed by atoms with Crippen LogP contribution in [0, 0.1) is 4.77 Å². The summed E-state index contributed by atoms with van der Waals surface area (Å²) in [7, 11) is 0. The molecule has 9 heteroatoms. The summed E-state index contributed by atoms with van der Waals surface area (Å²) >= 11 is 14.6. The van der Waals surface area contributed by atoms with Gasteiger partial charge in [0.2, 0.25) is 4.77 Å². The molecule has 0 unspecified atom stereocenters. The zero-order valence-corrected chi connectivity index (χ0v) is 16.4. The lowest BCUT2D eigenvalue weighted by atomic mass is 10.3. The highest BCUT2D eigenvalue weighted by Crippen LogP contribution is 2.28. The molecule has 0 spiro atoms. The third-order valence-electron chi connectivity index (χ3n) is 3.28. The summed E-state index contributed by atoms with van der Waals surface area (Å²) in [6.45, 7) is 2.24. The van der Waals surface area contributed by atoms with E-state index >= 15 is 0 Å². The largest absolute Gasteiger partial charge is 0.484 e. The van der Waals surface area contributed by atoms with Crippen LogP contribution in [0.5, 0.6) is 5.75 Å². The van der Waals surface area contributed by atoms with Gasteiger partial charge in [-0.1, -0.05) is 34.5 Å². The lowest BCUT2D eigenvalue weighted by molar-refractivity contribution is 0.270. The smallest absolute Gasteiger partial charge is 0.216 e. The predicted octanol–water partition coefficient (Wildman–Crippen LogP) is 4.97. The molecule has 3 rings (SSSR count). The van der Waals surface area contributed by atoms with Gasteiger partial charge in [0, 0.05) is 10.9 Å². The fraction of sp³-hybridized carbons (Fsp3) is 0.188. The molecule has 0 atom stereocenters. The molecule has 0 bridgehead atoms. The third kappa shape index (κ3) is 4.39. The normalized spacial score (nSPS) is 11.3. The minimum atomic E-state index is 0.264. The fourth-order valence-corrected chi connectivity index (χ4v) is 3.00. The molecule has 0 amide bonds. The maximum absolute atomic E-state index is 6.12. The Morgan fingerprint density at radius 1 is 1.44 bits per heavy atom. The second-order valence-electron chi connectivity index (χ2n) is 5.02. The van der Waals surface area contributed by atoms with Gasteiger partial charge in [0.05, 0.1) is 11.2 Å². The van der Waals surface area contributed by atoms with Crippen molar-refractivity contribution in [3.05, 3.63) is 61.9 Å². The molecule has 6 nitrogen and oxygen atoms in total. The Hall–Kier alpha value is -1.90. The average molecular weight is 442 g/mol. The van der Waals surface area contributed by atoms with E-state index in [1.165, 1.54) is 0 Å². The zero-order chi connectivity index (χ0) is 17.8. The molecule has 1 aromatic carbocycles. The van der Waals surface area contributed by atoms with Gasteiger partial charge in [-0.05, 0) is 42.5 Å². The van der Waals surface area contributed by atoms with E-state index in [-0.39, 0.29) is 6.61 Å². The van der Waals surface area contributed by atoms with E-state index in [1.807, 2.05) is 19.1 Å². The van der Waals surface area contributed by atoms with Crippen LogP contribution in [-0.2, 0) is 13.0 Å². The summed E-state index contributed by atoms with van der Waals surface area (Å²) in [4.78, 5) is 0. The molecule has 1 N–H and O–H groups in total. The molecule has 0 aliphatic heterocycles. The van der Waals surface area contributed by atoms with Gasteiger partial charge >= 0.3 is 0 Å². The zero-order valence-electron chi connectivity index (χ0n) is 13.2. The van der Waals surface area contributed by atoms with Crippen LogP contribution < -0.4 is 4.74 Å². The lowest BCUT2D eigenvalue weighted by Crippen LogP contribution is -1.97. The van der Waals surface area contributed by atoms with Crippen molar-refractivity contribution < 1.29 is 9.15 Å². The molecule has 2 heterocycles. The number of nitrogens with one attached hydrogen (secondary N) is 1. The SMILES string of the molecule is CCc1n[nH]c(=S)n1/N=C\c1ccc(COc2ccc(Br)cc2Cl)o1. The second-order valence-corrected chi connectivity index (χ2v) is 6.73. The maximum Gasteiger partial charge on any atom is 0.216 e. The van der Waals surface area contributed by atoms with Crippen LogP contribution >= 0.6 is 39.7 Å². The van der Waals surface area contributed by atoms with Crippen molar-refractivity contribution in [1.29, 1.82) is 0 Å². The Kier molecular flexibility index (Phi) is 5.72. The molecular formula is C16H14BrClN4O2S. The van der Waals surface area contributed by atoms with Crippen molar-refractivity contribution in [3.8, 4) is 5.75 Å². The summed E-state index contributed by atoms with van der Waals surface area (Å²) in [5, 5.41) is 11.6. The third-order valence-corrected chi connectivity index (χ3v) is 4.33. The van der Waals surface area contributed by atoms with Crippen LogP contribution in [0.4, 0.5) is 0 Å². The standard InChI is InChI=1S/C16H14BrClN4O2S/c1-2-15-20-21-16(25)22(15)19-8-11-4-5-12(24-11)9-23-14-6-3-10(17)7-13(14)18/h3-8H,2,9H2,1H3,(H,21,25)/b19-8-. The van der Waals surface area contributed by atoms with Crippen molar-refractivity contribution in [2.75, 3.05) is 0 Å². The summed E-state index contributed by atoms with van der Waals surface area (Å²) in [5.41, 5.74) is 0. The van der Waals surface area contributed by atoms with Crippen molar-refractivity contribution in [2.45, 2.75) is 20.0 Å². The number of hydrogen-bond donors (Lipinski definition) is 1. The van der Waals surface area contributed by atoms with E-state index < -0.39 is 0 Å². The fourth-order valence-electron chi connectivity index (χ4n) is 2.07. The Morgan fingerprint density at radius 2 is 2.28 bits per heavy atom. The molecule has 0 fully saturated rings. The van der Waals surface area contributed by atoms with Crippen LogP contribution in [0.2, 0.25) is 5.02 Å². The van der Waals surface area contributed by atoms with Crippen LogP contribution in [0.25, 0.3) is 0 Å². The Balaban J connectivity index is 1.67. The molecule has 0 saturated carbocycles. The lowest BCUT2D eigenvalue weighted by Gasteiger charge is -2.06. The van der Waals surface area contributed by atoms with Gasteiger partial charge in [0.1, 0.15) is 23.9 Å². The van der Waals surface area contributed by atoms with Crippen molar-refractivity contribution in [3.63, 3.8) is 0 Å². The summed E-state index contributed by atoms with van der Waals surface area (Å²) in [6.07, 6.45) is 2.30. The van der Waals surface area contributed by atoms with Crippen molar-refractivity contribution in [1.82, 2.24) is 14.9 Å². The number of halogens is 2. The minimum absolute atomic E-state index is 0.264. The van der Waals surface area contributed by atoms with Crippen molar-refractivity contribution in [2.24, 2.45) is 5.10 Å².